The first-order chi connectivity index (χ1) is 9.97. The van der Waals surface area contributed by atoms with E-state index in [0.29, 0.717) is 5.56 Å². The van der Waals surface area contributed by atoms with Crippen molar-refractivity contribution >= 4 is 29.1 Å². The standard InChI is InChI=1S/C15H9ClFNO3/c16-13-6-5-11(9-14(13)18(20)21)15(19)7-4-10-2-1-3-12(17)8-10/h1-9H/b7-4+. The van der Waals surface area contributed by atoms with Crippen LogP contribution in [0.2, 0.25) is 5.02 Å². The van der Waals surface area contributed by atoms with Crippen LogP contribution in [0.25, 0.3) is 6.08 Å². The van der Waals surface area contributed by atoms with Crippen LogP contribution < -0.4 is 0 Å². The zero-order valence-electron chi connectivity index (χ0n) is 10.6. The average molecular weight is 306 g/mol. The summed E-state index contributed by atoms with van der Waals surface area (Å²) in [4.78, 5) is 22.0. The molecule has 0 saturated heterocycles. The molecule has 0 atom stereocenters. The van der Waals surface area contributed by atoms with Crippen molar-refractivity contribution in [3.63, 3.8) is 0 Å². The zero-order chi connectivity index (χ0) is 15.4. The second-order valence-corrected chi connectivity index (χ2v) is 4.58. The fourth-order valence-electron chi connectivity index (χ4n) is 1.68. The van der Waals surface area contributed by atoms with Gasteiger partial charge in [0, 0.05) is 11.6 Å². The molecule has 0 bridgehead atoms. The minimum absolute atomic E-state index is 0.0364. The van der Waals surface area contributed by atoms with Gasteiger partial charge in [-0.2, -0.15) is 0 Å². The van der Waals surface area contributed by atoms with Crippen LogP contribution in [0.4, 0.5) is 10.1 Å². The number of hydrogen-bond acceptors (Lipinski definition) is 3. The van der Waals surface area contributed by atoms with Gasteiger partial charge >= 0.3 is 0 Å². The number of nitrogens with zero attached hydrogens (tertiary/aromatic N) is 1. The van der Waals surface area contributed by atoms with Gasteiger partial charge in [-0.05, 0) is 35.9 Å². The molecule has 0 aliphatic heterocycles. The van der Waals surface area contributed by atoms with Crippen molar-refractivity contribution < 1.29 is 14.1 Å². The number of benzene rings is 2. The van der Waals surface area contributed by atoms with E-state index in [0.717, 1.165) is 6.07 Å². The second-order valence-electron chi connectivity index (χ2n) is 4.18. The van der Waals surface area contributed by atoms with Gasteiger partial charge in [-0.15, -0.1) is 0 Å². The Hall–Kier alpha value is -2.53. The monoisotopic (exact) mass is 305 g/mol. The molecular formula is C15H9ClFNO3. The Morgan fingerprint density at radius 3 is 2.67 bits per heavy atom. The fraction of sp³-hybridized carbons (Fsp3) is 0. The lowest BCUT2D eigenvalue weighted by atomic mass is 10.1. The number of halogens is 2. The Balaban J connectivity index is 2.25. The van der Waals surface area contributed by atoms with Gasteiger partial charge in [0.2, 0.25) is 0 Å². The number of nitro groups is 1. The van der Waals surface area contributed by atoms with Crippen molar-refractivity contribution in [1.29, 1.82) is 0 Å². The Kier molecular flexibility index (Phi) is 4.45. The Morgan fingerprint density at radius 1 is 1.24 bits per heavy atom. The zero-order valence-corrected chi connectivity index (χ0v) is 11.4. The lowest BCUT2D eigenvalue weighted by molar-refractivity contribution is -0.384. The maximum Gasteiger partial charge on any atom is 0.288 e. The number of nitro benzene ring substituents is 1. The van der Waals surface area contributed by atoms with Gasteiger partial charge in [0.15, 0.2) is 5.78 Å². The highest BCUT2D eigenvalue weighted by Crippen LogP contribution is 2.25. The summed E-state index contributed by atoms with van der Waals surface area (Å²) in [7, 11) is 0. The van der Waals surface area contributed by atoms with E-state index in [1.165, 1.54) is 42.5 Å². The molecule has 0 saturated carbocycles. The molecule has 4 nitrogen and oxygen atoms in total. The van der Waals surface area contributed by atoms with Crippen LogP contribution in [0.3, 0.4) is 0 Å². The minimum atomic E-state index is -0.657. The van der Waals surface area contributed by atoms with Crippen LogP contribution in [0.1, 0.15) is 15.9 Å². The maximum absolute atomic E-state index is 13.0. The molecule has 21 heavy (non-hydrogen) atoms. The third kappa shape index (κ3) is 3.73. The van der Waals surface area contributed by atoms with Gasteiger partial charge in [0.05, 0.1) is 4.92 Å². The normalized spacial score (nSPS) is 10.8. The predicted molar refractivity (Wildman–Crippen MR) is 77.9 cm³/mol. The first-order valence-electron chi connectivity index (χ1n) is 5.89. The number of carbonyl (C=O) groups excluding carboxylic acids is 1. The van der Waals surface area contributed by atoms with Crippen molar-refractivity contribution in [2.75, 3.05) is 0 Å². The predicted octanol–water partition coefficient (Wildman–Crippen LogP) is 4.28. The van der Waals surface area contributed by atoms with Crippen molar-refractivity contribution in [3.05, 3.63) is 80.6 Å². The fourth-order valence-corrected chi connectivity index (χ4v) is 1.87. The molecule has 0 N–H and O–H groups in total. The van der Waals surface area contributed by atoms with E-state index in [9.17, 15) is 19.3 Å². The molecular weight excluding hydrogens is 297 g/mol. The highest BCUT2D eigenvalue weighted by Gasteiger charge is 2.14. The summed E-state index contributed by atoms with van der Waals surface area (Å²) in [5, 5.41) is 10.7. The molecule has 6 heteroatoms. The van der Waals surface area contributed by atoms with E-state index in [2.05, 4.69) is 0 Å². The van der Waals surface area contributed by atoms with Crippen LogP contribution in [0.5, 0.6) is 0 Å². The molecule has 0 spiro atoms. The average Bonchev–Trinajstić information content (AvgIpc) is 2.45. The van der Waals surface area contributed by atoms with E-state index in [1.807, 2.05) is 0 Å². The minimum Gasteiger partial charge on any atom is -0.289 e. The van der Waals surface area contributed by atoms with Crippen LogP contribution in [0, 0.1) is 15.9 Å². The van der Waals surface area contributed by atoms with E-state index < -0.39 is 16.5 Å². The molecule has 2 aromatic carbocycles. The molecule has 0 heterocycles. The number of carbonyl (C=O) groups is 1. The van der Waals surface area contributed by atoms with Gasteiger partial charge in [0.1, 0.15) is 10.8 Å². The smallest absolute Gasteiger partial charge is 0.288 e. The second kappa shape index (κ2) is 6.28. The van der Waals surface area contributed by atoms with Crippen molar-refractivity contribution in [2.24, 2.45) is 0 Å². The van der Waals surface area contributed by atoms with Crippen molar-refractivity contribution in [1.82, 2.24) is 0 Å². The van der Waals surface area contributed by atoms with Gasteiger partial charge < -0.3 is 0 Å². The third-order valence-electron chi connectivity index (χ3n) is 2.70. The van der Waals surface area contributed by atoms with Gasteiger partial charge in [-0.3, -0.25) is 14.9 Å². The molecule has 2 aromatic rings. The molecule has 2 rings (SSSR count). The van der Waals surface area contributed by atoms with Gasteiger partial charge in [0.25, 0.3) is 5.69 Å². The maximum atomic E-state index is 13.0. The first-order valence-corrected chi connectivity index (χ1v) is 6.27. The van der Waals surface area contributed by atoms with E-state index in [-0.39, 0.29) is 16.3 Å². The topological polar surface area (TPSA) is 60.2 Å². The summed E-state index contributed by atoms with van der Waals surface area (Å²) in [5.74, 6) is -0.842. The Morgan fingerprint density at radius 2 is 2.00 bits per heavy atom. The van der Waals surface area contributed by atoms with Gasteiger partial charge in [-0.1, -0.05) is 29.8 Å². The van der Waals surface area contributed by atoms with E-state index in [1.54, 1.807) is 6.07 Å². The summed E-state index contributed by atoms with van der Waals surface area (Å²) in [5.41, 5.74) is 0.326. The Labute approximate surface area is 124 Å². The molecule has 0 radical (unpaired) electrons. The Bertz CT molecular complexity index is 743. The summed E-state index contributed by atoms with van der Waals surface area (Å²) < 4.78 is 13.0. The van der Waals surface area contributed by atoms with Crippen LogP contribution in [0.15, 0.2) is 48.5 Å². The highest BCUT2D eigenvalue weighted by atomic mass is 35.5. The quantitative estimate of drug-likeness (QED) is 0.366. The van der Waals surface area contributed by atoms with Crippen molar-refractivity contribution in [3.8, 4) is 0 Å². The molecule has 0 aliphatic rings. The summed E-state index contributed by atoms with van der Waals surface area (Å²) >= 11 is 5.67. The summed E-state index contributed by atoms with van der Waals surface area (Å²) in [6.07, 6.45) is 2.66. The first kappa shape index (κ1) is 14.9. The lowest BCUT2D eigenvalue weighted by Gasteiger charge is -1.99. The molecule has 0 fully saturated rings. The number of allylic oxidation sites excluding steroid dienone is 1. The summed E-state index contributed by atoms with van der Waals surface area (Å²) in [6, 6.07) is 9.52. The van der Waals surface area contributed by atoms with E-state index >= 15 is 0 Å². The van der Waals surface area contributed by atoms with Crippen LogP contribution >= 0.6 is 11.6 Å². The van der Waals surface area contributed by atoms with Crippen LogP contribution in [-0.2, 0) is 0 Å². The van der Waals surface area contributed by atoms with Gasteiger partial charge in [-0.25, -0.2) is 4.39 Å². The molecule has 0 unspecified atom stereocenters. The molecule has 0 aliphatic carbocycles. The summed E-state index contributed by atoms with van der Waals surface area (Å²) in [6.45, 7) is 0. The highest BCUT2D eigenvalue weighted by molar-refractivity contribution is 6.32. The third-order valence-corrected chi connectivity index (χ3v) is 3.02. The van der Waals surface area contributed by atoms with E-state index in [4.69, 9.17) is 11.6 Å². The van der Waals surface area contributed by atoms with Crippen LogP contribution in [-0.4, -0.2) is 10.7 Å². The largest absolute Gasteiger partial charge is 0.289 e. The molecule has 0 aromatic heterocycles. The SMILES string of the molecule is O=C(/C=C/c1cccc(F)c1)c1ccc(Cl)c([N+](=O)[O-])c1. The lowest BCUT2D eigenvalue weighted by Crippen LogP contribution is -1.97. The molecule has 106 valence electrons. The van der Waals surface area contributed by atoms with Crippen molar-refractivity contribution in [2.45, 2.75) is 0 Å². The number of ketones is 1. The number of rotatable bonds is 4. The molecule has 0 amide bonds. The number of hydrogen-bond donors (Lipinski definition) is 0.